The van der Waals surface area contributed by atoms with Crippen molar-refractivity contribution in [2.75, 3.05) is 0 Å². The van der Waals surface area contributed by atoms with Crippen molar-refractivity contribution in [1.82, 2.24) is 10.2 Å². The third-order valence-corrected chi connectivity index (χ3v) is 2.99. The highest BCUT2D eigenvalue weighted by atomic mass is 16.2. The van der Waals surface area contributed by atoms with E-state index in [1.165, 1.54) is 0 Å². The Hall–Kier alpha value is -1.84. The number of urea groups is 1. The predicted octanol–water partition coefficient (Wildman–Crippen LogP) is 0.678. The molecule has 2 heterocycles. The first kappa shape index (κ1) is 8.47. The van der Waals surface area contributed by atoms with Gasteiger partial charge in [-0.15, -0.1) is 0 Å². The van der Waals surface area contributed by atoms with Crippen LogP contribution in [-0.2, 0) is 17.8 Å². The Kier molecular flexibility index (Phi) is 1.59. The van der Waals surface area contributed by atoms with E-state index in [0.717, 1.165) is 11.1 Å². The van der Waals surface area contributed by atoms with Crippen LogP contribution in [0.3, 0.4) is 0 Å². The fourth-order valence-corrected chi connectivity index (χ4v) is 2.18. The lowest BCUT2D eigenvalue weighted by Gasteiger charge is -2.28. The molecular weight excluding hydrogens is 192 g/mol. The minimum Gasteiger partial charge on any atom is -0.306 e. The van der Waals surface area contributed by atoms with Crippen LogP contribution >= 0.6 is 0 Å². The van der Waals surface area contributed by atoms with Gasteiger partial charge in [0.1, 0.15) is 6.04 Å². The van der Waals surface area contributed by atoms with E-state index in [9.17, 15) is 9.59 Å². The number of hydrogen-bond donors (Lipinski definition) is 0. The van der Waals surface area contributed by atoms with Gasteiger partial charge in [-0.3, -0.25) is 4.79 Å². The molecule has 2 aliphatic heterocycles. The smallest absolute Gasteiger partial charge is 0.306 e. The van der Waals surface area contributed by atoms with Crippen LogP contribution in [0.4, 0.5) is 4.79 Å². The second-order valence-corrected chi connectivity index (χ2v) is 3.85. The van der Waals surface area contributed by atoms with Gasteiger partial charge in [0.15, 0.2) is 0 Å². The van der Waals surface area contributed by atoms with E-state index < -0.39 is 0 Å². The maximum Gasteiger partial charge on any atom is 0.347 e. The van der Waals surface area contributed by atoms with Gasteiger partial charge in [-0.2, -0.15) is 5.32 Å². The van der Waals surface area contributed by atoms with Crippen LogP contribution in [0.1, 0.15) is 11.1 Å². The van der Waals surface area contributed by atoms with E-state index in [2.05, 4.69) is 5.32 Å². The monoisotopic (exact) mass is 201 g/mol. The molecule has 75 valence electrons. The van der Waals surface area contributed by atoms with Crippen molar-refractivity contribution in [3.8, 4) is 0 Å². The Bertz CT molecular complexity index is 415. The molecule has 4 nitrogen and oxygen atoms in total. The number of hydrogen-bond acceptors (Lipinski definition) is 2. The molecule has 4 heteroatoms. The molecule has 0 aliphatic carbocycles. The number of fused-ring (bicyclic) bond motifs is 2. The molecule has 0 N–H and O–H groups in total. The standard InChI is InChI=1S/C11H9N2O2/c14-10-9-5-7-3-1-2-4-8(7)6-13(9)11(15)12-10/h1-4,9H,5-6H2/t9-/m0/s1. The minimum atomic E-state index is -0.389. The Morgan fingerprint density at radius 1 is 1.20 bits per heavy atom. The molecule has 2 aliphatic rings. The van der Waals surface area contributed by atoms with Gasteiger partial charge in [0.2, 0.25) is 0 Å². The van der Waals surface area contributed by atoms with Crippen molar-refractivity contribution in [2.24, 2.45) is 0 Å². The molecule has 3 amide bonds. The van der Waals surface area contributed by atoms with Crippen LogP contribution in [0.5, 0.6) is 0 Å². The molecule has 1 saturated heterocycles. The molecule has 0 saturated carbocycles. The molecule has 0 bridgehead atoms. The average Bonchev–Trinajstić information content (AvgIpc) is 2.52. The van der Waals surface area contributed by atoms with Gasteiger partial charge in [-0.1, -0.05) is 24.3 Å². The lowest BCUT2D eigenvalue weighted by atomic mass is 9.95. The second kappa shape index (κ2) is 2.82. The lowest BCUT2D eigenvalue weighted by Crippen LogP contribution is -2.39. The first-order valence-corrected chi connectivity index (χ1v) is 4.88. The zero-order valence-electron chi connectivity index (χ0n) is 8.01. The minimum absolute atomic E-state index is 0.297. The topological polar surface area (TPSA) is 51.5 Å². The van der Waals surface area contributed by atoms with E-state index in [1.807, 2.05) is 24.3 Å². The summed E-state index contributed by atoms with van der Waals surface area (Å²) in [5.41, 5.74) is 2.27. The molecule has 1 aromatic carbocycles. The third kappa shape index (κ3) is 1.14. The number of benzene rings is 1. The lowest BCUT2D eigenvalue weighted by molar-refractivity contribution is -0.121. The van der Waals surface area contributed by atoms with Crippen LogP contribution in [0, 0.1) is 0 Å². The van der Waals surface area contributed by atoms with Crippen molar-refractivity contribution < 1.29 is 9.59 Å². The number of nitrogens with zero attached hydrogens (tertiary/aromatic N) is 2. The molecule has 1 fully saturated rings. The normalized spacial score (nSPS) is 23.5. The third-order valence-electron chi connectivity index (χ3n) is 2.99. The van der Waals surface area contributed by atoms with Crippen molar-refractivity contribution in [3.63, 3.8) is 0 Å². The number of amides is 3. The quantitative estimate of drug-likeness (QED) is 0.579. The first-order valence-electron chi connectivity index (χ1n) is 4.88. The molecule has 1 atom stereocenters. The summed E-state index contributed by atoms with van der Waals surface area (Å²) < 4.78 is 0. The van der Waals surface area contributed by atoms with Crippen LogP contribution in [0.2, 0.25) is 0 Å². The zero-order valence-corrected chi connectivity index (χ0v) is 8.01. The van der Waals surface area contributed by atoms with Gasteiger partial charge < -0.3 is 4.90 Å². The van der Waals surface area contributed by atoms with Gasteiger partial charge in [0.25, 0.3) is 5.91 Å². The van der Waals surface area contributed by atoms with Crippen molar-refractivity contribution in [3.05, 3.63) is 35.4 Å². The Morgan fingerprint density at radius 2 is 1.93 bits per heavy atom. The Morgan fingerprint density at radius 3 is 2.73 bits per heavy atom. The molecule has 15 heavy (non-hydrogen) atoms. The Balaban J connectivity index is 2.03. The molecule has 0 unspecified atom stereocenters. The van der Waals surface area contributed by atoms with E-state index in [4.69, 9.17) is 0 Å². The Labute approximate surface area is 86.9 Å². The molecule has 0 aromatic heterocycles. The van der Waals surface area contributed by atoms with Crippen LogP contribution < -0.4 is 5.32 Å². The van der Waals surface area contributed by atoms with E-state index in [-0.39, 0.29) is 18.0 Å². The highest BCUT2D eigenvalue weighted by molar-refractivity contribution is 6.04. The largest absolute Gasteiger partial charge is 0.347 e. The molecule has 0 spiro atoms. The molecule has 1 aromatic rings. The van der Waals surface area contributed by atoms with Crippen molar-refractivity contribution >= 4 is 11.9 Å². The van der Waals surface area contributed by atoms with Crippen LogP contribution in [0.15, 0.2) is 24.3 Å². The number of carbonyl (C=O) groups excluding carboxylic acids is 2. The summed E-state index contributed by atoms with van der Waals surface area (Å²) >= 11 is 0. The maximum absolute atomic E-state index is 11.4. The molecule has 1 radical (unpaired) electrons. The van der Waals surface area contributed by atoms with E-state index in [0.29, 0.717) is 13.0 Å². The number of carbonyl (C=O) groups is 2. The number of imide groups is 1. The fraction of sp³-hybridized carbons (Fsp3) is 0.273. The van der Waals surface area contributed by atoms with Crippen molar-refractivity contribution in [2.45, 2.75) is 19.0 Å². The number of rotatable bonds is 0. The predicted molar refractivity (Wildman–Crippen MR) is 52.0 cm³/mol. The molecular formula is C11H9N2O2. The summed E-state index contributed by atoms with van der Waals surface area (Å²) in [7, 11) is 0. The first-order chi connectivity index (χ1) is 7.25. The summed E-state index contributed by atoms with van der Waals surface area (Å²) in [6.07, 6.45) is 0.601. The van der Waals surface area contributed by atoms with Gasteiger partial charge in [0.05, 0.1) is 0 Å². The molecule has 3 rings (SSSR count). The van der Waals surface area contributed by atoms with Gasteiger partial charge >= 0.3 is 6.03 Å². The summed E-state index contributed by atoms with van der Waals surface area (Å²) in [6, 6.07) is 7.14. The van der Waals surface area contributed by atoms with Crippen LogP contribution in [0.25, 0.3) is 0 Å². The summed E-state index contributed by atoms with van der Waals surface area (Å²) in [6.45, 7) is 0.509. The highest BCUT2D eigenvalue weighted by Gasteiger charge is 2.42. The zero-order chi connectivity index (χ0) is 10.4. The SMILES string of the molecule is O=C1[N]C(=O)N2Cc3ccccc3C[C@@H]12. The maximum atomic E-state index is 11.4. The van der Waals surface area contributed by atoms with Gasteiger partial charge in [0, 0.05) is 13.0 Å². The van der Waals surface area contributed by atoms with E-state index >= 15 is 0 Å². The van der Waals surface area contributed by atoms with Gasteiger partial charge in [-0.25, -0.2) is 4.79 Å². The fourth-order valence-electron chi connectivity index (χ4n) is 2.18. The second-order valence-electron chi connectivity index (χ2n) is 3.85. The summed E-state index contributed by atoms with van der Waals surface area (Å²) in [4.78, 5) is 24.3. The average molecular weight is 201 g/mol. The summed E-state index contributed by atoms with van der Waals surface area (Å²) in [5, 5.41) is 3.46. The van der Waals surface area contributed by atoms with E-state index in [1.54, 1.807) is 4.90 Å². The van der Waals surface area contributed by atoms with Crippen LogP contribution in [-0.4, -0.2) is 22.9 Å². The summed E-state index contributed by atoms with van der Waals surface area (Å²) in [5.74, 6) is -0.297. The highest BCUT2D eigenvalue weighted by Crippen LogP contribution is 2.26. The van der Waals surface area contributed by atoms with Gasteiger partial charge in [-0.05, 0) is 11.1 Å². The van der Waals surface area contributed by atoms with Crippen molar-refractivity contribution in [1.29, 1.82) is 0 Å².